The van der Waals surface area contributed by atoms with Gasteiger partial charge in [0.25, 0.3) is 0 Å². The van der Waals surface area contributed by atoms with E-state index in [1.165, 1.54) is 15.6 Å². The minimum atomic E-state index is 0.563. The van der Waals surface area contributed by atoms with Crippen molar-refractivity contribution in [3.8, 4) is 5.75 Å². The highest BCUT2D eigenvalue weighted by molar-refractivity contribution is 9.10. The topological polar surface area (TPSA) is 9.23 Å². The van der Waals surface area contributed by atoms with Crippen LogP contribution >= 0.6 is 31.9 Å². The molecule has 0 amide bonds. The fourth-order valence-electron chi connectivity index (χ4n) is 1.89. The summed E-state index contributed by atoms with van der Waals surface area (Å²) in [6.45, 7) is 3.02. The first kappa shape index (κ1) is 11.5. The molecule has 0 saturated carbocycles. The van der Waals surface area contributed by atoms with E-state index in [-0.39, 0.29) is 0 Å². The number of benzene rings is 1. The van der Waals surface area contributed by atoms with Crippen molar-refractivity contribution in [1.82, 2.24) is 0 Å². The first-order valence-electron chi connectivity index (χ1n) is 5.25. The van der Waals surface area contributed by atoms with Crippen LogP contribution in [0.2, 0.25) is 0 Å². The molecule has 0 bridgehead atoms. The summed E-state index contributed by atoms with van der Waals surface area (Å²) >= 11 is 7.13. The first-order valence-corrected chi connectivity index (χ1v) is 6.96. The van der Waals surface area contributed by atoms with Gasteiger partial charge in [-0.3, -0.25) is 0 Å². The van der Waals surface area contributed by atoms with Crippen LogP contribution in [0.15, 0.2) is 16.6 Å². The minimum absolute atomic E-state index is 0.563. The molecule has 1 aromatic rings. The second-order valence-corrected chi connectivity index (χ2v) is 6.45. The zero-order valence-corrected chi connectivity index (χ0v) is 11.9. The lowest BCUT2D eigenvalue weighted by Crippen LogP contribution is -1.97. The number of alkyl halides is 1. The van der Waals surface area contributed by atoms with E-state index < -0.39 is 0 Å². The van der Waals surface area contributed by atoms with Crippen LogP contribution in [0.1, 0.15) is 24.5 Å². The fourth-order valence-corrected chi connectivity index (χ4v) is 2.67. The number of ether oxygens (including phenoxy) is 1. The molecule has 1 aliphatic rings. The van der Waals surface area contributed by atoms with Gasteiger partial charge < -0.3 is 4.74 Å². The van der Waals surface area contributed by atoms with Gasteiger partial charge in [0.15, 0.2) is 0 Å². The van der Waals surface area contributed by atoms with Crippen LogP contribution in [-0.4, -0.2) is 11.4 Å². The summed E-state index contributed by atoms with van der Waals surface area (Å²) in [6, 6.07) is 4.35. The zero-order chi connectivity index (χ0) is 10.8. The van der Waals surface area contributed by atoms with Crippen molar-refractivity contribution < 1.29 is 4.74 Å². The Kier molecular flexibility index (Phi) is 3.73. The maximum absolute atomic E-state index is 5.68. The van der Waals surface area contributed by atoms with Crippen LogP contribution in [0.4, 0.5) is 0 Å². The smallest absolute Gasteiger partial charge is 0.125 e. The van der Waals surface area contributed by atoms with Gasteiger partial charge in [0.1, 0.15) is 5.75 Å². The Morgan fingerprint density at radius 3 is 3.00 bits per heavy atom. The fraction of sp³-hybridized carbons (Fsp3) is 0.500. The Morgan fingerprint density at radius 2 is 2.27 bits per heavy atom. The lowest BCUT2D eigenvalue weighted by Gasteiger charge is -2.09. The van der Waals surface area contributed by atoms with E-state index in [9.17, 15) is 0 Å². The Labute approximate surface area is 107 Å². The van der Waals surface area contributed by atoms with Crippen LogP contribution in [0, 0.1) is 0 Å². The Balaban J connectivity index is 2.22. The Bertz CT molecular complexity index is 361. The van der Waals surface area contributed by atoms with E-state index in [1.54, 1.807) is 0 Å². The van der Waals surface area contributed by atoms with Crippen LogP contribution in [-0.2, 0) is 12.8 Å². The number of fused-ring (bicyclic) bond motifs is 1. The van der Waals surface area contributed by atoms with E-state index in [0.29, 0.717) is 4.83 Å². The molecular weight excluding hydrogens is 320 g/mol. The van der Waals surface area contributed by atoms with Gasteiger partial charge in [-0.25, -0.2) is 0 Å². The SMILES string of the molecule is CC(Br)CCc1cc(Br)cc2c1OCC2. The van der Waals surface area contributed by atoms with Gasteiger partial charge in [-0.15, -0.1) is 0 Å². The molecule has 1 aromatic carbocycles. The Morgan fingerprint density at radius 1 is 1.47 bits per heavy atom. The molecule has 1 unspecified atom stereocenters. The third-order valence-electron chi connectivity index (χ3n) is 2.64. The number of halogens is 2. The lowest BCUT2D eigenvalue weighted by atomic mass is 10.0. The number of hydrogen-bond donors (Lipinski definition) is 0. The molecule has 0 radical (unpaired) electrons. The van der Waals surface area contributed by atoms with Crippen molar-refractivity contribution in [2.75, 3.05) is 6.61 Å². The van der Waals surface area contributed by atoms with E-state index in [4.69, 9.17) is 4.74 Å². The highest BCUT2D eigenvalue weighted by Gasteiger charge is 2.17. The molecule has 1 nitrogen and oxygen atoms in total. The van der Waals surface area contributed by atoms with Crippen LogP contribution in [0.5, 0.6) is 5.75 Å². The van der Waals surface area contributed by atoms with Gasteiger partial charge in [0.05, 0.1) is 6.61 Å². The monoisotopic (exact) mass is 332 g/mol. The normalized spacial score (nSPS) is 15.9. The van der Waals surface area contributed by atoms with E-state index in [2.05, 4.69) is 50.9 Å². The summed E-state index contributed by atoms with van der Waals surface area (Å²) in [6.07, 6.45) is 3.27. The van der Waals surface area contributed by atoms with Crippen molar-refractivity contribution in [1.29, 1.82) is 0 Å². The van der Waals surface area contributed by atoms with Crippen LogP contribution < -0.4 is 4.74 Å². The summed E-state index contributed by atoms with van der Waals surface area (Å²) < 4.78 is 6.85. The summed E-state index contributed by atoms with van der Waals surface area (Å²) in [5.74, 6) is 1.13. The molecule has 15 heavy (non-hydrogen) atoms. The van der Waals surface area contributed by atoms with E-state index >= 15 is 0 Å². The number of hydrogen-bond acceptors (Lipinski definition) is 1. The van der Waals surface area contributed by atoms with E-state index in [1.807, 2.05) is 0 Å². The Hall–Kier alpha value is -0.0200. The number of aryl methyl sites for hydroxylation is 1. The summed E-state index contributed by atoms with van der Waals surface area (Å²) in [5.41, 5.74) is 2.68. The molecule has 0 N–H and O–H groups in total. The molecule has 1 atom stereocenters. The van der Waals surface area contributed by atoms with Gasteiger partial charge >= 0.3 is 0 Å². The molecular formula is C12H14Br2O. The second-order valence-electron chi connectivity index (χ2n) is 3.97. The molecule has 1 aliphatic heterocycles. The molecule has 3 heteroatoms. The zero-order valence-electron chi connectivity index (χ0n) is 8.72. The van der Waals surface area contributed by atoms with Gasteiger partial charge in [-0.2, -0.15) is 0 Å². The average molecular weight is 334 g/mol. The first-order chi connectivity index (χ1) is 7.16. The van der Waals surface area contributed by atoms with Gasteiger partial charge in [-0.1, -0.05) is 38.8 Å². The van der Waals surface area contributed by atoms with Crippen LogP contribution in [0.3, 0.4) is 0 Å². The molecule has 1 heterocycles. The molecule has 82 valence electrons. The van der Waals surface area contributed by atoms with Crippen molar-refractivity contribution >= 4 is 31.9 Å². The van der Waals surface area contributed by atoms with Gasteiger partial charge in [0, 0.05) is 15.7 Å². The predicted octanol–water partition coefficient (Wildman–Crippen LogP) is 4.10. The quantitative estimate of drug-likeness (QED) is 0.757. The van der Waals surface area contributed by atoms with Gasteiger partial charge in [0.2, 0.25) is 0 Å². The molecule has 0 aromatic heterocycles. The maximum Gasteiger partial charge on any atom is 0.125 e. The highest BCUT2D eigenvalue weighted by Crippen LogP contribution is 2.34. The molecule has 0 spiro atoms. The largest absolute Gasteiger partial charge is 0.493 e. The minimum Gasteiger partial charge on any atom is -0.493 e. The van der Waals surface area contributed by atoms with E-state index in [0.717, 1.165) is 31.6 Å². The van der Waals surface area contributed by atoms with Crippen molar-refractivity contribution in [2.24, 2.45) is 0 Å². The molecule has 0 fully saturated rings. The van der Waals surface area contributed by atoms with Gasteiger partial charge in [-0.05, 0) is 36.1 Å². The summed E-state index contributed by atoms with van der Waals surface area (Å²) in [5, 5.41) is 0. The average Bonchev–Trinajstić information content (AvgIpc) is 2.61. The molecule has 2 rings (SSSR count). The predicted molar refractivity (Wildman–Crippen MR) is 70.1 cm³/mol. The highest BCUT2D eigenvalue weighted by atomic mass is 79.9. The third-order valence-corrected chi connectivity index (χ3v) is 3.55. The second kappa shape index (κ2) is 4.88. The summed E-state index contributed by atoms with van der Waals surface area (Å²) in [7, 11) is 0. The number of rotatable bonds is 3. The van der Waals surface area contributed by atoms with Crippen molar-refractivity contribution in [3.63, 3.8) is 0 Å². The van der Waals surface area contributed by atoms with Crippen molar-refractivity contribution in [3.05, 3.63) is 27.7 Å². The van der Waals surface area contributed by atoms with Crippen LogP contribution in [0.25, 0.3) is 0 Å². The third kappa shape index (κ3) is 2.76. The standard InChI is InChI=1S/C12H14Br2O/c1-8(13)2-3-9-6-11(14)7-10-4-5-15-12(9)10/h6-8H,2-5H2,1H3. The molecule has 0 aliphatic carbocycles. The maximum atomic E-state index is 5.68. The molecule has 0 saturated heterocycles. The summed E-state index contributed by atoms with van der Waals surface area (Å²) in [4.78, 5) is 0.563. The lowest BCUT2D eigenvalue weighted by molar-refractivity contribution is 0.353. The van der Waals surface area contributed by atoms with Crippen molar-refractivity contribution in [2.45, 2.75) is 31.0 Å².